The van der Waals surface area contributed by atoms with Crippen LogP contribution in [0.25, 0.3) is 11.6 Å². The monoisotopic (exact) mass is 521 g/mol. The average Bonchev–Trinajstić information content (AvgIpc) is 2.99. The summed E-state index contributed by atoms with van der Waals surface area (Å²) in [5, 5.41) is 0. The van der Waals surface area contributed by atoms with Crippen LogP contribution in [0.5, 0.6) is 5.75 Å². The summed E-state index contributed by atoms with van der Waals surface area (Å²) in [5.41, 5.74) is 11.8. The molecular weight excluding hydrogens is 486 g/mol. The van der Waals surface area contributed by atoms with E-state index in [0.29, 0.717) is 0 Å². The second kappa shape index (κ2) is 12.4. The van der Waals surface area contributed by atoms with Crippen LogP contribution in [0.4, 0.5) is 17.1 Å². The van der Waals surface area contributed by atoms with E-state index in [1.54, 1.807) is 7.11 Å². The summed E-state index contributed by atoms with van der Waals surface area (Å²) in [4.78, 5) is 2.26. The molecule has 0 spiro atoms. The third-order valence-corrected chi connectivity index (χ3v) is 7.05. The summed E-state index contributed by atoms with van der Waals surface area (Å²) < 4.78 is 5.38. The molecule has 5 rings (SSSR count). The minimum Gasteiger partial charge on any atom is -0.497 e. The fourth-order valence-corrected chi connectivity index (χ4v) is 4.69. The van der Waals surface area contributed by atoms with E-state index in [9.17, 15) is 0 Å². The predicted molar refractivity (Wildman–Crippen MR) is 171 cm³/mol. The Bertz CT molecular complexity index is 1540. The van der Waals surface area contributed by atoms with E-state index in [4.69, 9.17) is 4.74 Å². The van der Waals surface area contributed by atoms with Gasteiger partial charge in [0.2, 0.25) is 0 Å². The van der Waals surface area contributed by atoms with E-state index >= 15 is 0 Å². The Morgan fingerprint density at radius 2 is 0.925 bits per heavy atom. The highest BCUT2D eigenvalue weighted by atomic mass is 16.5. The maximum atomic E-state index is 5.38. The molecule has 0 saturated carbocycles. The SMILES string of the molecule is COc1ccc(N(c2ccc(C)cc2)c2ccc(/C=C/C=C(c3ccc(C)cc3)c3ccc(C)cc3)cc2)cc1. The number of aryl methyl sites for hydroxylation is 3. The number of anilines is 3. The van der Waals surface area contributed by atoms with Crippen LogP contribution in [0.2, 0.25) is 0 Å². The van der Waals surface area contributed by atoms with Crippen molar-refractivity contribution in [3.8, 4) is 5.75 Å². The standard InChI is InChI=1S/C38H35NO/c1-28-8-16-32(17-9-28)38(33-18-10-29(2)11-19-33)7-5-6-31-14-22-35(23-15-31)39(34-20-12-30(3)13-21-34)36-24-26-37(40-4)27-25-36/h5-27H,1-4H3/b6-5+. The van der Waals surface area contributed by atoms with E-state index < -0.39 is 0 Å². The molecule has 0 fully saturated rings. The van der Waals surface area contributed by atoms with Crippen molar-refractivity contribution in [1.29, 1.82) is 0 Å². The van der Waals surface area contributed by atoms with Gasteiger partial charge in [-0.3, -0.25) is 0 Å². The Hall–Kier alpha value is -4.82. The van der Waals surface area contributed by atoms with E-state index in [2.05, 4.69) is 153 Å². The minimum absolute atomic E-state index is 0.844. The molecule has 0 saturated heterocycles. The van der Waals surface area contributed by atoms with Crippen LogP contribution in [0, 0.1) is 20.8 Å². The number of nitrogens with zero attached hydrogens (tertiary/aromatic N) is 1. The zero-order valence-electron chi connectivity index (χ0n) is 23.6. The third-order valence-electron chi connectivity index (χ3n) is 7.05. The van der Waals surface area contributed by atoms with Gasteiger partial charge in [-0.1, -0.05) is 108 Å². The molecule has 5 aromatic carbocycles. The first-order chi connectivity index (χ1) is 19.5. The third kappa shape index (κ3) is 6.42. The first-order valence-corrected chi connectivity index (χ1v) is 13.6. The van der Waals surface area contributed by atoms with E-state index in [1.807, 2.05) is 12.1 Å². The van der Waals surface area contributed by atoms with E-state index in [-0.39, 0.29) is 0 Å². The Balaban J connectivity index is 1.44. The molecule has 0 radical (unpaired) electrons. The molecule has 0 aromatic heterocycles. The molecule has 0 unspecified atom stereocenters. The molecule has 40 heavy (non-hydrogen) atoms. The van der Waals surface area contributed by atoms with Crippen LogP contribution < -0.4 is 9.64 Å². The summed E-state index contributed by atoms with van der Waals surface area (Å²) in [5.74, 6) is 0.844. The second-order valence-electron chi connectivity index (χ2n) is 10.1. The molecule has 2 heteroatoms. The van der Waals surface area contributed by atoms with Gasteiger partial charge in [0, 0.05) is 17.1 Å². The highest BCUT2D eigenvalue weighted by Crippen LogP contribution is 2.35. The molecule has 198 valence electrons. The van der Waals surface area contributed by atoms with Crippen molar-refractivity contribution < 1.29 is 4.74 Å². The second-order valence-corrected chi connectivity index (χ2v) is 10.1. The average molecular weight is 522 g/mol. The van der Waals surface area contributed by atoms with Gasteiger partial charge in [0.25, 0.3) is 0 Å². The highest BCUT2D eigenvalue weighted by molar-refractivity contribution is 5.82. The minimum atomic E-state index is 0.844. The van der Waals surface area contributed by atoms with Crippen LogP contribution in [-0.2, 0) is 0 Å². The Morgan fingerprint density at radius 1 is 0.525 bits per heavy atom. The van der Waals surface area contributed by atoms with Gasteiger partial charge in [0.05, 0.1) is 7.11 Å². The Labute approximate surface area is 238 Å². The van der Waals surface area contributed by atoms with Gasteiger partial charge in [-0.05, 0) is 91.6 Å². The van der Waals surface area contributed by atoms with Crippen molar-refractivity contribution in [2.75, 3.05) is 12.0 Å². The van der Waals surface area contributed by atoms with Crippen molar-refractivity contribution >= 4 is 28.7 Å². The molecule has 5 aromatic rings. The molecule has 0 heterocycles. The van der Waals surface area contributed by atoms with Gasteiger partial charge < -0.3 is 9.64 Å². The molecule has 0 aliphatic heterocycles. The maximum Gasteiger partial charge on any atom is 0.119 e. The first kappa shape index (κ1) is 26.8. The summed E-state index contributed by atoms with van der Waals surface area (Å²) in [6, 6.07) is 43.0. The number of ether oxygens (including phenoxy) is 1. The summed E-state index contributed by atoms with van der Waals surface area (Å²) in [7, 11) is 1.69. The van der Waals surface area contributed by atoms with Crippen molar-refractivity contribution in [2.24, 2.45) is 0 Å². The maximum absolute atomic E-state index is 5.38. The van der Waals surface area contributed by atoms with Gasteiger partial charge in [-0.2, -0.15) is 0 Å². The topological polar surface area (TPSA) is 12.5 Å². The summed E-state index contributed by atoms with van der Waals surface area (Å²) >= 11 is 0. The molecule has 0 bridgehead atoms. The zero-order chi connectivity index (χ0) is 27.9. The Morgan fingerprint density at radius 3 is 1.38 bits per heavy atom. The number of hydrogen-bond acceptors (Lipinski definition) is 2. The molecule has 0 N–H and O–H groups in total. The van der Waals surface area contributed by atoms with Crippen molar-refractivity contribution in [2.45, 2.75) is 20.8 Å². The summed E-state index contributed by atoms with van der Waals surface area (Å²) in [6.45, 7) is 6.36. The lowest BCUT2D eigenvalue weighted by Crippen LogP contribution is -2.09. The van der Waals surface area contributed by atoms with Gasteiger partial charge in [0.1, 0.15) is 5.75 Å². The van der Waals surface area contributed by atoms with Crippen molar-refractivity contribution in [3.05, 3.63) is 167 Å². The van der Waals surface area contributed by atoms with Crippen LogP contribution in [-0.4, -0.2) is 7.11 Å². The van der Waals surface area contributed by atoms with Crippen molar-refractivity contribution in [3.63, 3.8) is 0 Å². The van der Waals surface area contributed by atoms with E-state index in [1.165, 1.54) is 33.4 Å². The lowest BCUT2D eigenvalue weighted by atomic mass is 9.96. The van der Waals surface area contributed by atoms with Crippen LogP contribution in [0.15, 0.2) is 133 Å². The molecule has 0 atom stereocenters. The largest absolute Gasteiger partial charge is 0.497 e. The normalized spacial score (nSPS) is 10.9. The molecule has 0 aliphatic carbocycles. The van der Waals surface area contributed by atoms with Gasteiger partial charge in [0.15, 0.2) is 0 Å². The smallest absolute Gasteiger partial charge is 0.119 e. The van der Waals surface area contributed by atoms with Crippen LogP contribution in [0.3, 0.4) is 0 Å². The molecule has 0 amide bonds. The van der Waals surface area contributed by atoms with E-state index in [0.717, 1.165) is 28.4 Å². The lowest BCUT2D eigenvalue weighted by Gasteiger charge is -2.26. The number of benzene rings is 5. The zero-order valence-corrected chi connectivity index (χ0v) is 23.6. The molecular formula is C38H35NO. The van der Waals surface area contributed by atoms with Gasteiger partial charge in [-0.25, -0.2) is 0 Å². The van der Waals surface area contributed by atoms with Crippen molar-refractivity contribution in [1.82, 2.24) is 0 Å². The molecule has 2 nitrogen and oxygen atoms in total. The first-order valence-electron chi connectivity index (χ1n) is 13.6. The Kier molecular flexibility index (Phi) is 8.27. The van der Waals surface area contributed by atoms with Crippen LogP contribution >= 0.6 is 0 Å². The highest BCUT2D eigenvalue weighted by Gasteiger charge is 2.12. The predicted octanol–water partition coefficient (Wildman–Crippen LogP) is 10.2. The van der Waals surface area contributed by atoms with Crippen LogP contribution in [0.1, 0.15) is 33.4 Å². The lowest BCUT2D eigenvalue weighted by molar-refractivity contribution is 0.415. The summed E-state index contributed by atoms with van der Waals surface area (Å²) in [6.07, 6.45) is 6.51. The fraction of sp³-hybridized carbons (Fsp3) is 0.105. The molecule has 0 aliphatic rings. The van der Waals surface area contributed by atoms with Gasteiger partial charge >= 0.3 is 0 Å². The number of methoxy groups -OCH3 is 1. The fourth-order valence-electron chi connectivity index (χ4n) is 4.69. The quantitative estimate of drug-likeness (QED) is 0.188. The number of allylic oxidation sites excluding steroid dienone is 2. The number of hydrogen-bond donors (Lipinski definition) is 0. The number of rotatable bonds is 8. The van der Waals surface area contributed by atoms with Gasteiger partial charge in [-0.15, -0.1) is 0 Å².